The molecule has 156 valence electrons. The molecule has 0 spiro atoms. The third kappa shape index (κ3) is 3.98. The summed E-state index contributed by atoms with van der Waals surface area (Å²) in [6, 6.07) is 40.5. The lowest BCUT2D eigenvalue weighted by molar-refractivity contribution is -0.00000686. The molecular weight excluding hydrogens is 479 g/mol. The molecule has 0 saturated carbocycles. The van der Waals surface area contributed by atoms with Crippen LogP contribution in [-0.4, -0.2) is 4.98 Å². The minimum absolute atomic E-state index is 0. The molecule has 0 saturated heterocycles. The summed E-state index contributed by atoms with van der Waals surface area (Å²) in [6.07, 6.45) is 0.851. The molecule has 4 aromatic carbocycles. The average Bonchev–Trinajstić information content (AvgIpc) is 3.27. The zero-order valence-electron chi connectivity index (χ0n) is 17.2. The number of halogens is 1. The van der Waals surface area contributed by atoms with Crippen molar-refractivity contribution in [1.82, 2.24) is 4.98 Å². The minimum atomic E-state index is -1.98. The van der Waals surface area contributed by atoms with Crippen LogP contribution in [0.4, 0.5) is 0 Å². The smallest absolute Gasteiger partial charge is 0.301 e. The van der Waals surface area contributed by atoms with E-state index in [2.05, 4.69) is 102 Å². The molecule has 0 aliphatic carbocycles. The van der Waals surface area contributed by atoms with E-state index < -0.39 is 7.26 Å². The van der Waals surface area contributed by atoms with Crippen molar-refractivity contribution in [2.24, 2.45) is 0 Å². The second kappa shape index (κ2) is 9.49. The van der Waals surface area contributed by atoms with Crippen LogP contribution in [0.3, 0.4) is 0 Å². The van der Waals surface area contributed by atoms with Crippen LogP contribution in [0.2, 0.25) is 0 Å². The van der Waals surface area contributed by atoms with Crippen LogP contribution < -0.4 is 32.9 Å². The Hall–Kier alpha value is -3.25. The molecule has 1 aromatic heterocycles. The van der Waals surface area contributed by atoms with Gasteiger partial charge in [0.2, 0.25) is 0 Å². The lowest BCUT2D eigenvalue weighted by atomic mass is 10.2. The quantitative estimate of drug-likeness (QED) is 0.349. The maximum Gasteiger partial charge on any atom is 0.301 e. The number of benzene rings is 4. The van der Waals surface area contributed by atoms with Crippen LogP contribution in [0.15, 0.2) is 114 Å². The Morgan fingerprint density at radius 2 is 1.22 bits per heavy atom. The van der Waals surface area contributed by atoms with Gasteiger partial charge in [-0.2, -0.15) is 10.2 Å². The highest BCUT2D eigenvalue weighted by Gasteiger charge is 2.45. The molecule has 3 nitrogen and oxygen atoms in total. The Morgan fingerprint density at radius 1 is 0.719 bits per heavy atom. The van der Waals surface area contributed by atoms with Gasteiger partial charge in [-0.25, -0.2) is 0 Å². The average molecular weight is 499 g/mol. The summed E-state index contributed by atoms with van der Waals surface area (Å²) in [5.41, 5.74) is 2.53. The van der Waals surface area contributed by atoms with E-state index in [0.717, 1.165) is 11.7 Å². The predicted molar refractivity (Wildman–Crippen MR) is 128 cm³/mol. The van der Waals surface area contributed by atoms with Crippen molar-refractivity contribution in [3.05, 3.63) is 121 Å². The molecule has 0 unspecified atom stereocenters. The molecule has 5 aromatic rings. The van der Waals surface area contributed by atoms with E-state index in [0.29, 0.717) is 11.1 Å². The second-order valence-corrected chi connectivity index (χ2v) is 10.9. The molecule has 0 radical (unpaired) electrons. The highest BCUT2D eigenvalue weighted by atomic mass is 79.9. The van der Waals surface area contributed by atoms with Gasteiger partial charge in [-0.1, -0.05) is 60.7 Å². The van der Waals surface area contributed by atoms with Crippen LogP contribution in [0.1, 0.15) is 11.5 Å². The SMILES string of the molecule is N#Cc1nc2ccc(C[P+](c3ccccc3)(c3ccccc3)c3ccccc3)cc2o1.[Br-]. The van der Waals surface area contributed by atoms with E-state index >= 15 is 0 Å². The Kier molecular flexibility index (Phi) is 6.51. The summed E-state index contributed by atoms with van der Waals surface area (Å²) >= 11 is 0. The first-order valence-corrected chi connectivity index (χ1v) is 12.1. The Balaban J connectivity index is 0.00000245. The molecule has 0 fully saturated rings. The number of nitriles is 1. The zero-order chi connectivity index (χ0) is 21.1. The Bertz CT molecular complexity index is 1270. The van der Waals surface area contributed by atoms with Crippen molar-refractivity contribution in [3.8, 4) is 6.07 Å². The molecule has 1 heterocycles. The van der Waals surface area contributed by atoms with E-state index in [9.17, 15) is 0 Å². The van der Waals surface area contributed by atoms with Gasteiger partial charge in [0.25, 0.3) is 0 Å². The van der Waals surface area contributed by atoms with Gasteiger partial charge in [-0.3, -0.25) is 0 Å². The van der Waals surface area contributed by atoms with E-state index in [4.69, 9.17) is 9.68 Å². The monoisotopic (exact) mass is 498 g/mol. The zero-order valence-corrected chi connectivity index (χ0v) is 19.7. The first-order chi connectivity index (χ1) is 15.3. The summed E-state index contributed by atoms with van der Waals surface area (Å²) in [5.74, 6) is 0.0994. The number of nitrogens with zero attached hydrogens (tertiary/aromatic N) is 2. The lowest BCUT2D eigenvalue weighted by Gasteiger charge is -2.27. The molecule has 0 bridgehead atoms. The minimum Gasteiger partial charge on any atom is -1.00 e. The fourth-order valence-electron chi connectivity index (χ4n) is 4.16. The van der Waals surface area contributed by atoms with Crippen LogP contribution in [0, 0.1) is 11.3 Å². The highest BCUT2D eigenvalue weighted by molar-refractivity contribution is 7.95. The van der Waals surface area contributed by atoms with Crippen molar-refractivity contribution < 1.29 is 21.4 Å². The van der Waals surface area contributed by atoms with E-state index in [-0.39, 0.29) is 22.9 Å². The summed E-state index contributed by atoms with van der Waals surface area (Å²) in [5, 5.41) is 13.1. The first kappa shape index (κ1) is 22.0. The molecule has 5 heteroatoms. The Morgan fingerprint density at radius 3 is 1.69 bits per heavy atom. The van der Waals surface area contributed by atoms with Gasteiger partial charge in [0.1, 0.15) is 28.7 Å². The third-order valence-electron chi connectivity index (χ3n) is 5.56. The van der Waals surface area contributed by atoms with Gasteiger partial charge in [0.15, 0.2) is 11.7 Å². The second-order valence-electron chi connectivity index (χ2n) is 7.41. The number of hydrogen-bond donors (Lipinski definition) is 0. The number of aromatic nitrogens is 1. The van der Waals surface area contributed by atoms with Crippen molar-refractivity contribution in [2.45, 2.75) is 6.16 Å². The summed E-state index contributed by atoms with van der Waals surface area (Å²) in [4.78, 5) is 4.22. The number of oxazole rings is 1. The normalized spacial score (nSPS) is 11.0. The molecule has 0 N–H and O–H groups in total. The van der Waals surface area contributed by atoms with E-state index in [1.807, 2.05) is 18.2 Å². The van der Waals surface area contributed by atoms with E-state index in [1.165, 1.54) is 15.9 Å². The van der Waals surface area contributed by atoms with Gasteiger partial charge in [-0.05, 0) is 54.1 Å². The number of hydrogen-bond acceptors (Lipinski definition) is 3. The maximum absolute atomic E-state index is 9.14. The van der Waals surface area contributed by atoms with Gasteiger partial charge >= 0.3 is 5.89 Å². The Labute approximate surface area is 198 Å². The highest BCUT2D eigenvalue weighted by Crippen LogP contribution is 2.58. The van der Waals surface area contributed by atoms with Crippen LogP contribution in [0.5, 0.6) is 0 Å². The number of rotatable bonds is 5. The first-order valence-electron chi connectivity index (χ1n) is 10.1. The number of fused-ring (bicyclic) bond motifs is 1. The summed E-state index contributed by atoms with van der Waals surface area (Å²) in [6.45, 7) is 0. The molecule has 0 aliphatic rings. The van der Waals surface area contributed by atoms with Crippen LogP contribution >= 0.6 is 7.26 Å². The summed E-state index contributed by atoms with van der Waals surface area (Å²) < 4.78 is 5.63. The van der Waals surface area contributed by atoms with Crippen molar-refractivity contribution in [2.75, 3.05) is 0 Å². The molecule has 0 atom stereocenters. The molecule has 0 aliphatic heterocycles. The topological polar surface area (TPSA) is 49.8 Å². The standard InChI is InChI=1S/C27H20N2OP.BrH/c28-19-27-29-25-17-16-21(18-26(25)30-27)20-31(22-10-4-1-5-11-22,23-12-6-2-7-13-23)24-14-8-3-9-15-24;/h1-18H,20H2;1H/q+1;/p-1. The predicted octanol–water partition coefficient (Wildman–Crippen LogP) is 2.20. The molecule has 5 rings (SSSR count). The fourth-order valence-corrected chi connectivity index (χ4v) is 8.39. The largest absolute Gasteiger partial charge is 1.00 e. The van der Waals surface area contributed by atoms with Gasteiger partial charge in [0, 0.05) is 0 Å². The van der Waals surface area contributed by atoms with Crippen molar-refractivity contribution >= 4 is 34.3 Å². The summed E-state index contributed by atoms with van der Waals surface area (Å²) in [7, 11) is -1.98. The van der Waals surface area contributed by atoms with Gasteiger partial charge in [0.05, 0.1) is 6.16 Å². The third-order valence-corrected chi connectivity index (χ3v) is 9.94. The molecule has 0 amide bonds. The van der Waals surface area contributed by atoms with Crippen LogP contribution in [0.25, 0.3) is 11.1 Å². The lowest BCUT2D eigenvalue weighted by Crippen LogP contribution is -3.00. The maximum atomic E-state index is 9.14. The molecular formula is C27H20BrN2OP. The fraction of sp³-hybridized carbons (Fsp3) is 0.0370. The van der Waals surface area contributed by atoms with E-state index in [1.54, 1.807) is 0 Å². The van der Waals surface area contributed by atoms with Crippen molar-refractivity contribution in [3.63, 3.8) is 0 Å². The van der Waals surface area contributed by atoms with Crippen LogP contribution in [-0.2, 0) is 6.16 Å². The van der Waals surface area contributed by atoms with Gasteiger partial charge < -0.3 is 21.4 Å². The van der Waals surface area contributed by atoms with Gasteiger partial charge in [-0.15, -0.1) is 0 Å². The van der Waals surface area contributed by atoms with Crippen molar-refractivity contribution in [1.29, 1.82) is 5.26 Å². The molecule has 32 heavy (non-hydrogen) atoms.